The fourth-order valence-corrected chi connectivity index (χ4v) is 3.00. The molecule has 0 spiro atoms. The van der Waals surface area contributed by atoms with Crippen molar-refractivity contribution in [2.75, 3.05) is 18.5 Å². The van der Waals surface area contributed by atoms with Crippen molar-refractivity contribution in [1.82, 2.24) is 0 Å². The molecule has 2 rings (SSSR count). The predicted octanol–water partition coefficient (Wildman–Crippen LogP) is 3.30. The number of nitrogens with two attached hydrogens (primary N) is 1. The zero-order valence-corrected chi connectivity index (χ0v) is 16.9. The lowest BCUT2D eigenvalue weighted by molar-refractivity contribution is 0.102. The molecule has 0 aliphatic heterocycles. The van der Waals surface area contributed by atoms with Crippen LogP contribution in [-0.2, 0) is 21.4 Å². The van der Waals surface area contributed by atoms with Crippen molar-refractivity contribution in [3.05, 3.63) is 53.6 Å². The van der Waals surface area contributed by atoms with Gasteiger partial charge in [-0.1, -0.05) is 13.3 Å². The van der Waals surface area contributed by atoms with Gasteiger partial charge in [-0.3, -0.25) is 4.79 Å². The number of rotatable bonds is 10. The number of sulfonamides is 1. The first-order valence-electron chi connectivity index (χ1n) is 9.12. The van der Waals surface area contributed by atoms with Gasteiger partial charge in [-0.2, -0.15) is 0 Å². The van der Waals surface area contributed by atoms with Crippen molar-refractivity contribution in [3.63, 3.8) is 0 Å². The van der Waals surface area contributed by atoms with Crippen LogP contribution in [0.4, 0.5) is 5.69 Å². The van der Waals surface area contributed by atoms with Crippen LogP contribution in [0.1, 0.15) is 42.6 Å². The molecule has 0 atom stereocenters. The monoisotopic (exact) mass is 406 g/mol. The molecule has 0 saturated heterocycles. The molecule has 2 aromatic carbocycles. The molecule has 152 valence electrons. The third-order valence-electron chi connectivity index (χ3n) is 3.96. The van der Waals surface area contributed by atoms with Gasteiger partial charge in [0.2, 0.25) is 10.0 Å². The molecule has 0 saturated carbocycles. The van der Waals surface area contributed by atoms with Crippen molar-refractivity contribution in [2.45, 2.75) is 38.2 Å². The van der Waals surface area contributed by atoms with Gasteiger partial charge in [0, 0.05) is 23.4 Å². The summed E-state index contributed by atoms with van der Waals surface area (Å²) in [5.74, 6) is 0.370. The van der Waals surface area contributed by atoms with Crippen LogP contribution in [0.5, 0.6) is 5.75 Å². The smallest absolute Gasteiger partial charge is 0.255 e. The first kappa shape index (κ1) is 21.9. The molecule has 0 heterocycles. The first-order chi connectivity index (χ1) is 13.3. The molecule has 0 aromatic heterocycles. The zero-order chi connectivity index (χ0) is 20.6. The molecule has 0 radical (unpaired) electrons. The quantitative estimate of drug-likeness (QED) is 0.589. The second-order valence-electron chi connectivity index (χ2n) is 6.19. The Morgan fingerprint density at radius 3 is 2.43 bits per heavy atom. The van der Waals surface area contributed by atoms with Gasteiger partial charge in [0.15, 0.2) is 0 Å². The second kappa shape index (κ2) is 10.2. The van der Waals surface area contributed by atoms with Crippen LogP contribution in [0.3, 0.4) is 0 Å². The minimum absolute atomic E-state index is 0.0157. The highest BCUT2D eigenvalue weighted by molar-refractivity contribution is 7.89. The van der Waals surface area contributed by atoms with Crippen LogP contribution >= 0.6 is 0 Å². The molecule has 0 aliphatic carbocycles. The fraction of sp³-hybridized carbons (Fsp3) is 0.350. The average Bonchev–Trinajstić information content (AvgIpc) is 2.66. The summed E-state index contributed by atoms with van der Waals surface area (Å²) in [5.41, 5.74) is 1.72. The Morgan fingerprint density at radius 2 is 1.82 bits per heavy atom. The van der Waals surface area contributed by atoms with E-state index in [0.717, 1.165) is 18.4 Å². The number of hydrogen-bond acceptors (Lipinski definition) is 5. The summed E-state index contributed by atoms with van der Waals surface area (Å²) >= 11 is 0. The van der Waals surface area contributed by atoms with E-state index in [-0.39, 0.29) is 10.8 Å². The largest absolute Gasteiger partial charge is 0.494 e. The van der Waals surface area contributed by atoms with Gasteiger partial charge in [0.25, 0.3) is 5.91 Å². The maximum absolute atomic E-state index is 12.6. The summed E-state index contributed by atoms with van der Waals surface area (Å²) in [6.07, 6.45) is 2.02. The Hall–Kier alpha value is -2.42. The third-order valence-corrected chi connectivity index (χ3v) is 4.89. The van der Waals surface area contributed by atoms with E-state index in [9.17, 15) is 13.2 Å². The predicted molar refractivity (Wildman–Crippen MR) is 108 cm³/mol. The molecule has 7 nitrogen and oxygen atoms in total. The molecular formula is C20H26N2O5S. The van der Waals surface area contributed by atoms with Gasteiger partial charge in [-0.05, 0) is 55.8 Å². The van der Waals surface area contributed by atoms with E-state index in [4.69, 9.17) is 14.6 Å². The molecule has 3 N–H and O–H groups in total. The molecule has 8 heteroatoms. The van der Waals surface area contributed by atoms with Crippen LogP contribution in [0, 0.1) is 0 Å². The van der Waals surface area contributed by atoms with Crippen LogP contribution < -0.4 is 15.2 Å². The molecule has 0 bridgehead atoms. The lowest BCUT2D eigenvalue weighted by atomic mass is 10.1. The maximum Gasteiger partial charge on any atom is 0.255 e. The summed E-state index contributed by atoms with van der Waals surface area (Å²) in [6.45, 7) is 5.52. The van der Waals surface area contributed by atoms with Crippen molar-refractivity contribution in [1.29, 1.82) is 0 Å². The molecule has 1 amide bonds. The SMILES string of the molecule is CCCCOCc1cc(C(=O)Nc2ccc(S(N)(=O)=O)cc2)ccc1OCC. The normalized spacial score (nSPS) is 11.2. The van der Waals surface area contributed by atoms with E-state index in [1.54, 1.807) is 18.2 Å². The van der Waals surface area contributed by atoms with Gasteiger partial charge in [-0.25, -0.2) is 13.6 Å². The third kappa shape index (κ3) is 6.33. The van der Waals surface area contributed by atoms with E-state index in [0.29, 0.717) is 36.8 Å². The topological polar surface area (TPSA) is 108 Å². The number of hydrogen-bond donors (Lipinski definition) is 2. The standard InChI is InChI=1S/C20H26N2O5S/c1-3-5-12-26-14-16-13-15(6-11-19(16)27-4-2)20(23)22-17-7-9-18(10-8-17)28(21,24)25/h6-11,13H,3-5,12,14H2,1-2H3,(H,22,23)(H2,21,24,25). The average molecular weight is 407 g/mol. The summed E-state index contributed by atoms with van der Waals surface area (Å²) < 4.78 is 33.9. The van der Waals surface area contributed by atoms with E-state index >= 15 is 0 Å². The molecule has 28 heavy (non-hydrogen) atoms. The second-order valence-corrected chi connectivity index (χ2v) is 7.75. The van der Waals surface area contributed by atoms with E-state index in [1.807, 2.05) is 6.92 Å². The minimum atomic E-state index is -3.77. The van der Waals surface area contributed by atoms with Gasteiger partial charge in [0.1, 0.15) is 5.75 Å². The van der Waals surface area contributed by atoms with Gasteiger partial charge in [0.05, 0.1) is 18.1 Å². The Morgan fingerprint density at radius 1 is 1.11 bits per heavy atom. The van der Waals surface area contributed by atoms with Crippen molar-refractivity contribution in [3.8, 4) is 5.75 Å². The lowest BCUT2D eigenvalue weighted by Crippen LogP contribution is -2.14. The Labute approximate surface area is 165 Å². The molecule has 0 fully saturated rings. The van der Waals surface area contributed by atoms with Crippen LogP contribution in [0.15, 0.2) is 47.4 Å². The van der Waals surface area contributed by atoms with Crippen molar-refractivity contribution < 1.29 is 22.7 Å². The van der Waals surface area contributed by atoms with E-state index in [2.05, 4.69) is 12.2 Å². The van der Waals surface area contributed by atoms with Gasteiger partial charge >= 0.3 is 0 Å². The van der Waals surface area contributed by atoms with Crippen LogP contribution in [-0.4, -0.2) is 27.5 Å². The number of anilines is 1. The summed E-state index contributed by atoms with van der Waals surface area (Å²) in [7, 11) is -3.77. The molecule has 0 aliphatic rings. The van der Waals surface area contributed by atoms with Crippen molar-refractivity contribution in [2.24, 2.45) is 5.14 Å². The zero-order valence-electron chi connectivity index (χ0n) is 16.1. The van der Waals surface area contributed by atoms with Crippen LogP contribution in [0.25, 0.3) is 0 Å². The number of carbonyl (C=O) groups is 1. The maximum atomic E-state index is 12.6. The number of amides is 1. The van der Waals surface area contributed by atoms with Crippen molar-refractivity contribution >= 4 is 21.6 Å². The number of nitrogens with one attached hydrogen (secondary N) is 1. The minimum Gasteiger partial charge on any atom is -0.494 e. The Balaban J connectivity index is 2.13. The summed E-state index contributed by atoms with van der Waals surface area (Å²) in [5, 5.41) is 7.81. The summed E-state index contributed by atoms with van der Waals surface area (Å²) in [4.78, 5) is 12.5. The highest BCUT2D eigenvalue weighted by Crippen LogP contribution is 2.22. The Kier molecular flexibility index (Phi) is 7.98. The highest BCUT2D eigenvalue weighted by Gasteiger charge is 2.12. The number of benzene rings is 2. The number of unbranched alkanes of at least 4 members (excludes halogenated alkanes) is 1. The number of carbonyl (C=O) groups excluding carboxylic acids is 1. The number of primary sulfonamides is 1. The first-order valence-corrected chi connectivity index (χ1v) is 10.7. The van der Waals surface area contributed by atoms with E-state index in [1.165, 1.54) is 24.3 Å². The van der Waals surface area contributed by atoms with Gasteiger partial charge in [-0.15, -0.1) is 0 Å². The van der Waals surface area contributed by atoms with Crippen LogP contribution in [0.2, 0.25) is 0 Å². The fourth-order valence-electron chi connectivity index (χ4n) is 2.49. The highest BCUT2D eigenvalue weighted by atomic mass is 32.2. The molecular weight excluding hydrogens is 380 g/mol. The van der Waals surface area contributed by atoms with Gasteiger partial charge < -0.3 is 14.8 Å². The molecule has 2 aromatic rings. The lowest BCUT2D eigenvalue weighted by Gasteiger charge is -2.13. The summed E-state index contributed by atoms with van der Waals surface area (Å²) in [6, 6.07) is 10.8. The van der Waals surface area contributed by atoms with E-state index < -0.39 is 10.0 Å². The molecule has 0 unspecified atom stereocenters. The number of ether oxygens (including phenoxy) is 2. The Bertz CT molecular complexity index is 895.